The third kappa shape index (κ3) is 10.6. The largest absolute Gasteiger partial charge is 0.350 e. The fourth-order valence-corrected chi connectivity index (χ4v) is 5.45. The van der Waals surface area contributed by atoms with Gasteiger partial charge in [0, 0.05) is 46.9 Å². The van der Waals surface area contributed by atoms with Crippen molar-refractivity contribution in [3.63, 3.8) is 0 Å². The summed E-state index contributed by atoms with van der Waals surface area (Å²) >= 11 is 7.97. The number of aliphatic imine (C=N–C) groups is 1. The summed E-state index contributed by atoms with van der Waals surface area (Å²) in [6, 6.07) is 4.15. The molecule has 12 heteroatoms. The molecule has 250 valence electrons. The first kappa shape index (κ1) is 37.2. The van der Waals surface area contributed by atoms with E-state index >= 15 is 4.39 Å². The van der Waals surface area contributed by atoms with Crippen molar-refractivity contribution in [1.29, 1.82) is 0 Å². The highest BCUT2D eigenvalue weighted by Gasteiger charge is 2.33. The van der Waals surface area contributed by atoms with E-state index in [4.69, 9.17) is 0 Å². The van der Waals surface area contributed by atoms with Crippen molar-refractivity contribution in [3.05, 3.63) is 41.2 Å². The zero-order valence-corrected chi connectivity index (χ0v) is 29.4. The maximum atomic E-state index is 15.2. The van der Waals surface area contributed by atoms with Crippen LogP contribution in [0.5, 0.6) is 0 Å². The molecule has 45 heavy (non-hydrogen) atoms. The van der Waals surface area contributed by atoms with Crippen LogP contribution in [0.3, 0.4) is 0 Å². The molecule has 1 saturated carbocycles. The number of alkyl halides is 2. The van der Waals surface area contributed by atoms with Gasteiger partial charge in [0.15, 0.2) is 5.82 Å². The molecule has 1 N–H and O–H groups in total. The van der Waals surface area contributed by atoms with Crippen molar-refractivity contribution < 1.29 is 17.6 Å². The van der Waals surface area contributed by atoms with Gasteiger partial charge in [-0.3, -0.25) is 9.89 Å². The van der Waals surface area contributed by atoms with E-state index in [-0.39, 0.29) is 22.2 Å². The van der Waals surface area contributed by atoms with E-state index in [2.05, 4.69) is 57.5 Å². The molecule has 0 spiro atoms. The molecule has 1 aliphatic heterocycles. The molecule has 3 aromatic rings. The summed E-state index contributed by atoms with van der Waals surface area (Å²) in [4.78, 5) is 11.6. The predicted octanol–water partition coefficient (Wildman–Crippen LogP) is 9.32. The van der Waals surface area contributed by atoms with Crippen LogP contribution >= 0.6 is 25.3 Å². The van der Waals surface area contributed by atoms with Gasteiger partial charge in [-0.2, -0.15) is 25.3 Å². The minimum Gasteiger partial charge on any atom is -0.350 e. The van der Waals surface area contributed by atoms with Gasteiger partial charge in [0.1, 0.15) is 11.5 Å². The Kier molecular flexibility index (Phi) is 13.2. The average Bonchev–Trinajstić information content (AvgIpc) is 3.22. The van der Waals surface area contributed by atoms with Gasteiger partial charge < -0.3 is 5.32 Å². The number of benzene rings is 1. The van der Waals surface area contributed by atoms with Crippen molar-refractivity contribution in [2.45, 2.75) is 110 Å². The number of anilines is 1. The second kappa shape index (κ2) is 16.0. The second-order valence-electron chi connectivity index (χ2n) is 12.7. The maximum absolute atomic E-state index is 15.2. The summed E-state index contributed by atoms with van der Waals surface area (Å²) in [5.74, 6) is 0.0400. The van der Waals surface area contributed by atoms with Crippen LogP contribution in [-0.4, -0.2) is 60.9 Å². The van der Waals surface area contributed by atoms with Crippen LogP contribution in [0.2, 0.25) is 0 Å². The lowest BCUT2D eigenvalue weighted by molar-refractivity contribution is 0.0758. The van der Waals surface area contributed by atoms with E-state index in [1.807, 2.05) is 34.6 Å². The summed E-state index contributed by atoms with van der Waals surface area (Å²) in [7, 11) is 0. The molecule has 0 radical (unpaired) electrons. The Bertz CT molecular complexity index is 1430. The molecule has 3 heterocycles. The first-order chi connectivity index (χ1) is 21.0. The van der Waals surface area contributed by atoms with Crippen LogP contribution in [0.25, 0.3) is 16.6 Å². The fraction of sp³-hybridized carbons (Fsp3) is 0.606. The summed E-state index contributed by atoms with van der Waals surface area (Å²) in [6.45, 7) is 17.0. The SMILES string of the molecule is CC(C)(S)S.CC(C)=Nc1c(C)cc(-c2c(F)cn3nc(NC4CCN(C5CCC5)C[C@@H]4C)nc(C)c23)cc1F.CCC(F)F. The fourth-order valence-electron chi connectivity index (χ4n) is 5.45. The number of likely N-dealkylation sites (tertiary alicyclic amines) is 1. The van der Waals surface area contributed by atoms with E-state index in [1.54, 1.807) is 13.0 Å². The number of nitrogens with zero attached hydrogens (tertiary/aromatic N) is 5. The zero-order chi connectivity index (χ0) is 33.6. The molecule has 1 aliphatic carbocycles. The first-order valence-corrected chi connectivity index (χ1v) is 16.5. The standard InChI is InChI=1S/C27H34F2N6.C3H6F2.C3H8S2/c1-15(2)30-25-16(3)11-19(12-21(25)28)24-22(29)14-35-26(24)18(5)31-27(33-35)32-23-9-10-34(13-17(23)4)20-7-6-8-20;1-2-3(4)5;1-3(2,4)5/h11-12,14,17,20,23H,6-10,13H2,1-5H3,(H,32,33);3H,2H2,1H3;4-5H,1-2H3/t17-,23?;;/m0../s1. The van der Waals surface area contributed by atoms with Crippen molar-refractivity contribution in [2.75, 3.05) is 18.4 Å². The van der Waals surface area contributed by atoms with Gasteiger partial charge in [-0.05, 0) is 90.0 Å². The number of halogens is 4. The van der Waals surface area contributed by atoms with E-state index in [9.17, 15) is 13.2 Å². The van der Waals surface area contributed by atoms with Gasteiger partial charge in [0.2, 0.25) is 12.4 Å². The Labute approximate surface area is 276 Å². The van der Waals surface area contributed by atoms with Crippen molar-refractivity contribution >= 4 is 48.1 Å². The molecular formula is C33H48F4N6S2. The van der Waals surface area contributed by atoms with Gasteiger partial charge in [-0.25, -0.2) is 27.1 Å². The average molecular weight is 669 g/mol. The topological polar surface area (TPSA) is 57.8 Å². The zero-order valence-electron chi connectivity index (χ0n) is 27.6. The normalized spacial score (nSPS) is 18.9. The monoisotopic (exact) mass is 668 g/mol. The van der Waals surface area contributed by atoms with E-state index in [1.165, 1.54) is 43.0 Å². The van der Waals surface area contributed by atoms with Crippen LogP contribution in [0.4, 0.5) is 29.2 Å². The minimum atomic E-state index is -2.12. The Morgan fingerprint density at radius 2 is 1.73 bits per heavy atom. The van der Waals surface area contributed by atoms with Crippen LogP contribution < -0.4 is 5.32 Å². The number of piperidine rings is 1. The third-order valence-electron chi connectivity index (χ3n) is 7.79. The van der Waals surface area contributed by atoms with E-state index < -0.39 is 18.1 Å². The number of thiol groups is 2. The van der Waals surface area contributed by atoms with Gasteiger partial charge in [-0.1, -0.05) is 20.3 Å². The van der Waals surface area contributed by atoms with Crippen LogP contribution in [0.1, 0.15) is 84.9 Å². The van der Waals surface area contributed by atoms with Crippen LogP contribution in [-0.2, 0) is 0 Å². The highest BCUT2D eigenvalue weighted by Crippen LogP contribution is 2.36. The molecule has 2 atom stereocenters. The Morgan fingerprint density at radius 1 is 1.11 bits per heavy atom. The van der Waals surface area contributed by atoms with Gasteiger partial charge >= 0.3 is 0 Å². The van der Waals surface area contributed by atoms with Gasteiger partial charge in [-0.15, -0.1) is 5.10 Å². The molecular weight excluding hydrogens is 621 g/mol. The molecule has 2 aromatic heterocycles. The molecule has 6 nitrogen and oxygen atoms in total. The van der Waals surface area contributed by atoms with Crippen molar-refractivity contribution in [2.24, 2.45) is 10.9 Å². The second-order valence-corrected chi connectivity index (χ2v) is 15.3. The number of rotatable bonds is 6. The summed E-state index contributed by atoms with van der Waals surface area (Å²) < 4.78 is 53.0. The molecule has 0 bridgehead atoms. The van der Waals surface area contributed by atoms with Crippen LogP contribution in [0, 0.1) is 31.4 Å². The summed E-state index contributed by atoms with van der Waals surface area (Å²) in [5, 5.41) is 8.08. The highest BCUT2D eigenvalue weighted by atomic mass is 32.2. The Hall–Kier alpha value is -2.31. The highest BCUT2D eigenvalue weighted by molar-refractivity contribution is 8.00. The maximum Gasteiger partial charge on any atom is 0.241 e. The molecule has 5 rings (SSSR count). The smallest absolute Gasteiger partial charge is 0.241 e. The number of hydrogen-bond acceptors (Lipinski definition) is 7. The quantitative estimate of drug-likeness (QED) is 0.106. The number of fused-ring (bicyclic) bond motifs is 1. The third-order valence-corrected chi connectivity index (χ3v) is 7.79. The first-order valence-electron chi connectivity index (χ1n) is 15.6. The molecule has 2 aliphatic rings. The Balaban J connectivity index is 0.000000482. The number of aryl methyl sites for hydroxylation is 2. The molecule has 1 unspecified atom stereocenters. The predicted molar refractivity (Wildman–Crippen MR) is 185 cm³/mol. The molecule has 1 saturated heterocycles. The number of aromatic nitrogens is 3. The van der Waals surface area contributed by atoms with E-state index in [0.29, 0.717) is 39.8 Å². The lowest BCUT2D eigenvalue weighted by atomic mass is 9.86. The Morgan fingerprint density at radius 3 is 2.22 bits per heavy atom. The summed E-state index contributed by atoms with van der Waals surface area (Å²) in [6.07, 6.45) is 4.24. The minimum absolute atomic E-state index is 0.0278. The lowest BCUT2D eigenvalue weighted by Gasteiger charge is -2.44. The molecule has 0 amide bonds. The summed E-state index contributed by atoms with van der Waals surface area (Å²) in [5.41, 5.74) is 3.65. The number of nitrogens with one attached hydrogen (secondary N) is 1. The van der Waals surface area contributed by atoms with E-state index in [0.717, 1.165) is 31.3 Å². The van der Waals surface area contributed by atoms with Crippen LogP contribution in [0.15, 0.2) is 23.3 Å². The molecule has 2 fully saturated rings. The van der Waals surface area contributed by atoms with Crippen molar-refractivity contribution in [3.8, 4) is 11.1 Å². The number of hydrogen-bond donors (Lipinski definition) is 3. The molecule has 1 aromatic carbocycles. The lowest BCUT2D eigenvalue weighted by Crippen LogP contribution is -2.51. The van der Waals surface area contributed by atoms with Gasteiger partial charge in [0.05, 0.1) is 17.4 Å². The van der Waals surface area contributed by atoms with Crippen molar-refractivity contribution in [1.82, 2.24) is 19.5 Å². The van der Waals surface area contributed by atoms with Gasteiger partial charge in [0.25, 0.3) is 0 Å².